The molecule has 152 valence electrons. The van der Waals surface area contributed by atoms with Crippen LogP contribution in [-0.2, 0) is 6.42 Å². The van der Waals surface area contributed by atoms with Gasteiger partial charge in [-0.15, -0.1) is 0 Å². The normalized spacial score (nSPS) is 12.1. The standard InChI is InChI=1S/C25H23ClN2O2/c1-30-20-11-12-21-22(16-28-23(21)15-20)25(29)24(18-5-3-2-4-6-18)27-14-13-17-7-9-19(26)10-8-17/h2-12,15-16,24,27-28H,13-14H2,1H3/t24-/m0/s1. The van der Waals surface area contributed by atoms with E-state index in [-0.39, 0.29) is 5.78 Å². The lowest BCUT2D eigenvalue weighted by Crippen LogP contribution is -2.30. The zero-order chi connectivity index (χ0) is 20.9. The Kier molecular flexibility index (Phi) is 6.17. The zero-order valence-corrected chi connectivity index (χ0v) is 17.4. The monoisotopic (exact) mass is 418 g/mol. The lowest BCUT2D eigenvalue weighted by Gasteiger charge is -2.18. The van der Waals surface area contributed by atoms with Gasteiger partial charge in [0, 0.05) is 40.3 Å². The Hall–Kier alpha value is -3.08. The van der Waals surface area contributed by atoms with Gasteiger partial charge in [0.25, 0.3) is 0 Å². The highest BCUT2D eigenvalue weighted by Gasteiger charge is 2.24. The van der Waals surface area contributed by atoms with Gasteiger partial charge >= 0.3 is 0 Å². The number of hydrogen-bond acceptors (Lipinski definition) is 3. The number of methoxy groups -OCH3 is 1. The number of aromatic nitrogens is 1. The second-order valence-corrected chi connectivity index (χ2v) is 7.59. The van der Waals surface area contributed by atoms with E-state index >= 15 is 0 Å². The molecule has 1 heterocycles. The van der Waals surface area contributed by atoms with Crippen molar-refractivity contribution in [1.82, 2.24) is 10.3 Å². The number of Topliss-reactive ketones (excluding diaryl/α,β-unsaturated/α-hetero) is 1. The van der Waals surface area contributed by atoms with Crippen molar-refractivity contribution in [3.63, 3.8) is 0 Å². The van der Waals surface area contributed by atoms with Crippen LogP contribution in [0.15, 0.2) is 79.0 Å². The summed E-state index contributed by atoms with van der Waals surface area (Å²) in [4.78, 5) is 16.7. The van der Waals surface area contributed by atoms with Crippen molar-refractivity contribution in [2.45, 2.75) is 12.5 Å². The fraction of sp³-hybridized carbons (Fsp3) is 0.160. The summed E-state index contributed by atoms with van der Waals surface area (Å²) in [7, 11) is 1.63. The molecule has 1 aromatic heterocycles. The number of rotatable bonds is 8. The molecule has 0 aliphatic carbocycles. The number of ether oxygens (including phenoxy) is 1. The molecule has 0 aliphatic heterocycles. The van der Waals surface area contributed by atoms with E-state index in [2.05, 4.69) is 10.3 Å². The summed E-state index contributed by atoms with van der Waals surface area (Å²) in [6.45, 7) is 0.670. The van der Waals surface area contributed by atoms with E-state index in [1.54, 1.807) is 13.3 Å². The number of halogens is 1. The Labute approximate surface area is 180 Å². The fourth-order valence-corrected chi connectivity index (χ4v) is 3.74. The van der Waals surface area contributed by atoms with Crippen molar-refractivity contribution >= 4 is 28.3 Å². The fourth-order valence-electron chi connectivity index (χ4n) is 3.61. The molecule has 0 saturated heterocycles. The third-order valence-corrected chi connectivity index (χ3v) is 5.48. The average molecular weight is 419 g/mol. The van der Waals surface area contributed by atoms with Crippen molar-refractivity contribution in [3.05, 3.63) is 101 Å². The largest absolute Gasteiger partial charge is 0.497 e. The van der Waals surface area contributed by atoms with E-state index in [1.807, 2.05) is 72.8 Å². The van der Waals surface area contributed by atoms with Crippen LogP contribution < -0.4 is 10.1 Å². The molecule has 0 bridgehead atoms. The lowest BCUT2D eigenvalue weighted by atomic mass is 9.96. The topological polar surface area (TPSA) is 54.1 Å². The molecule has 0 radical (unpaired) electrons. The van der Waals surface area contributed by atoms with Gasteiger partial charge in [-0.3, -0.25) is 4.79 Å². The molecular weight excluding hydrogens is 396 g/mol. The molecule has 0 aliphatic rings. The van der Waals surface area contributed by atoms with E-state index in [0.29, 0.717) is 12.1 Å². The molecule has 30 heavy (non-hydrogen) atoms. The highest BCUT2D eigenvalue weighted by atomic mass is 35.5. The molecule has 3 aromatic carbocycles. The maximum atomic E-state index is 13.5. The maximum Gasteiger partial charge on any atom is 0.186 e. The number of hydrogen-bond donors (Lipinski definition) is 2. The second-order valence-electron chi connectivity index (χ2n) is 7.15. The van der Waals surface area contributed by atoms with Crippen LogP contribution in [0.25, 0.3) is 10.9 Å². The first-order valence-corrected chi connectivity index (χ1v) is 10.3. The van der Waals surface area contributed by atoms with Crippen LogP contribution in [0, 0.1) is 0 Å². The van der Waals surface area contributed by atoms with E-state index in [1.165, 1.54) is 5.56 Å². The van der Waals surface area contributed by atoms with Crippen LogP contribution in [0.2, 0.25) is 5.02 Å². The molecule has 2 N–H and O–H groups in total. The summed E-state index contributed by atoms with van der Waals surface area (Å²) >= 11 is 5.97. The van der Waals surface area contributed by atoms with E-state index in [4.69, 9.17) is 16.3 Å². The Bertz CT molecular complexity index is 1140. The van der Waals surface area contributed by atoms with E-state index in [0.717, 1.165) is 33.7 Å². The number of nitrogens with one attached hydrogen (secondary N) is 2. The average Bonchev–Trinajstić information content (AvgIpc) is 3.21. The van der Waals surface area contributed by atoms with Crippen molar-refractivity contribution in [1.29, 1.82) is 0 Å². The van der Waals surface area contributed by atoms with Crippen LogP contribution in [0.4, 0.5) is 0 Å². The third kappa shape index (κ3) is 4.40. The minimum absolute atomic E-state index is 0.0359. The molecule has 0 saturated carbocycles. The van der Waals surface area contributed by atoms with Crippen LogP contribution in [-0.4, -0.2) is 24.4 Å². The first-order valence-electron chi connectivity index (χ1n) is 9.88. The van der Waals surface area contributed by atoms with Gasteiger partial charge in [0.05, 0.1) is 13.2 Å². The highest BCUT2D eigenvalue weighted by Crippen LogP contribution is 2.27. The summed E-state index contributed by atoms with van der Waals surface area (Å²) in [5.74, 6) is 0.790. The van der Waals surface area contributed by atoms with Gasteiger partial charge in [0.1, 0.15) is 5.75 Å². The summed E-state index contributed by atoms with van der Waals surface area (Å²) in [5, 5.41) is 5.07. The number of carbonyl (C=O) groups is 1. The zero-order valence-electron chi connectivity index (χ0n) is 16.7. The van der Waals surface area contributed by atoms with Gasteiger partial charge in [-0.1, -0.05) is 54.1 Å². The number of ketones is 1. The number of fused-ring (bicyclic) bond motifs is 1. The molecule has 4 nitrogen and oxygen atoms in total. The SMILES string of the molecule is COc1ccc2c(C(=O)[C@@H](NCCc3ccc(Cl)cc3)c3ccccc3)c[nH]c2c1. The maximum absolute atomic E-state index is 13.5. The summed E-state index contributed by atoms with van der Waals surface area (Å²) < 4.78 is 5.29. The summed E-state index contributed by atoms with van der Waals surface area (Å²) in [6.07, 6.45) is 2.59. The van der Waals surface area contributed by atoms with Gasteiger partial charge < -0.3 is 15.0 Å². The van der Waals surface area contributed by atoms with Gasteiger partial charge in [0.2, 0.25) is 0 Å². The predicted molar refractivity (Wildman–Crippen MR) is 122 cm³/mol. The van der Waals surface area contributed by atoms with Crippen molar-refractivity contribution in [2.75, 3.05) is 13.7 Å². The van der Waals surface area contributed by atoms with Gasteiger partial charge in [0.15, 0.2) is 5.78 Å². The Morgan fingerprint density at radius 1 is 1.07 bits per heavy atom. The molecule has 4 aromatic rings. The molecule has 0 unspecified atom stereocenters. The number of H-pyrrole nitrogens is 1. The Morgan fingerprint density at radius 3 is 2.57 bits per heavy atom. The van der Waals surface area contributed by atoms with Crippen LogP contribution in [0.3, 0.4) is 0 Å². The first-order chi connectivity index (χ1) is 14.7. The molecule has 0 fully saturated rings. The predicted octanol–water partition coefficient (Wildman–Crippen LogP) is 5.59. The number of aromatic amines is 1. The number of carbonyl (C=O) groups excluding carboxylic acids is 1. The third-order valence-electron chi connectivity index (χ3n) is 5.22. The van der Waals surface area contributed by atoms with Crippen molar-refractivity contribution in [2.24, 2.45) is 0 Å². The summed E-state index contributed by atoms with van der Waals surface area (Å²) in [6, 6.07) is 22.9. The molecule has 0 amide bonds. The Morgan fingerprint density at radius 2 is 1.83 bits per heavy atom. The number of benzene rings is 3. The first kappa shape index (κ1) is 20.2. The molecule has 4 rings (SSSR count). The minimum atomic E-state index is -0.431. The minimum Gasteiger partial charge on any atom is -0.497 e. The van der Waals surface area contributed by atoms with Gasteiger partial charge in [-0.05, 0) is 41.8 Å². The smallest absolute Gasteiger partial charge is 0.186 e. The molecule has 1 atom stereocenters. The van der Waals surface area contributed by atoms with Crippen molar-refractivity contribution < 1.29 is 9.53 Å². The molecule has 5 heteroatoms. The van der Waals surface area contributed by atoms with Gasteiger partial charge in [-0.25, -0.2) is 0 Å². The Balaban J connectivity index is 1.58. The lowest BCUT2D eigenvalue weighted by molar-refractivity contribution is 0.0945. The van der Waals surface area contributed by atoms with Crippen LogP contribution in [0.5, 0.6) is 5.75 Å². The van der Waals surface area contributed by atoms with Gasteiger partial charge in [-0.2, -0.15) is 0 Å². The second kappa shape index (κ2) is 9.16. The van der Waals surface area contributed by atoms with Crippen LogP contribution in [0.1, 0.15) is 27.5 Å². The summed E-state index contributed by atoms with van der Waals surface area (Å²) in [5.41, 5.74) is 3.66. The quantitative estimate of drug-likeness (QED) is 0.367. The van der Waals surface area contributed by atoms with E-state index < -0.39 is 6.04 Å². The highest BCUT2D eigenvalue weighted by molar-refractivity contribution is 6.30. The molecule has 0 spiro atoms. The van der Waals surface area contributed by atoms with Crippen LogP contribution >= 0.6 is 11.6 Å². The van der Waals surface area contributed by atoms with E-state index in [9.17, 15) is 4.79 Å². The van der Waals surface area contributed by atoms with Crippen molar-refractivity contribution in [3.8, 4) is 5.75 Å². The molecular formula is C25H23ClN2O2.